The Morgan fingerprint density at radius 2 is 2.06 bits per heavy atom. The molecule has 0 aromatic heterocycles. The third kappa shape index (κ3) is 5.89. The molecular formula is C13H27NO3S. The first kappa shape index (κ1) is 16.2. The van der Waals surface area contributed by atoms with Crippen LogP contribution in [0.4, 0.5) is 0 Å². The van der Waals surface area contributed by atoms with E-state index in [-0.39, 0.29) is 17.9 Å². The van der Waals surface area contributed by atoms with Gasteiger partial charge in [0.1, 0.15) is 0 Å². The minimum atomic E-state index is -0.464. The summed E-state index contributed by atoms with van der Waals surface area (Å²) in [7, 11) is 0. The summed E-state index contributed by atoms with van der Waals surface area (Å²) in [5.74, 6) is 0. The molecule has 4 nitrogen and oxygen atoms in total. The molecule has 3 atom stereocenters. The van der Waals surface area contributed by atoms with Crippen molar-refractivity contribution in [2.24, 2.45) is 0 Å². The zero-order valence-electron chi connectivity index (χ0n) is 11.5. The van der Waals surface area contributed by atoms with Crippen molar-refractivity contribution in [2.75, 3.05) is 26.0 Å². The minimum absolute atomic E-state index is 0.157. The smallest absolute Gasteiger partial charge is 0.0897 e. The Hall–Kier alpha value is 0.190. The second-order valence-corrected chi connectivity index (χ2v) is 6.12. The van der Waals surface area contributed by atoms with Crippen molar-refractivity contribution in [1.29, 1.82) is 0 Å². The minimum Gasteiger partial charge on any atom is -0.395 e. The summed E-state index contributed by atoms with van der Waals surface area (Å²) in [6.45, 7) is 3.12. The summed E-state index contributed by atoms with van der Waals surface area (Å²) in [6, 6.07) is 0.186. The lowest BCUT2D eigenvalue weighted by molar-refractivity contribution is -0.00619. The van der Waals surface area contributed by atoms with E-state index < -0.39 is 6.10 Å². The second kappa shape index (κ2) is 9.15. The lowest BCUT2D eigenvalue weighted by atomic mass is 10.2. The fourth-order valence-corrected chi connectivity index (χ4v) is 2.90. The number of nitrogens with one attached hydrogen (secondary N) is 1. The fraction of sp³-hybridized carbons (Fsp3) is 1.00. The van der Waals surface area contributed by atoms with E-state index in [0.717, 1.165) is 12.8 Å². The van der Waals surface area contributed by atoms with Gasteiger partial charge in [0.05, 0.1) is 25.4 Å². The zero-order chi connectivity index (χ0) is 13.4. The van der Waals surface area contributed by atoms with Gasteiger partial charge in [0.15, 0.2) is 0 Å². The predicted octanol–water partition coefficient (Wildman–Crippen LogP) is 1.01. The van der Waals surface area contributed by atoms with E-state index in [4.69, 9.17) is 9.84 Å². The van der Waals surface area contributed by atoms with Crippen molar-refractivity contribution >= 4 is 11.8 Å². The van der Waals surface area contributed by atoms with Gasteiger partial charge >= 0.3 is 0 Å². The number of hydrogen-bond donors (Lipinski definition) is 3. The van der Waals surface area contributed by atoms with Gasteiger partial charge in [-0.3, -0.25) is 0 Å². The van der Waals surface area contributed by atoms with Crippen LogP contribution < -0.4 is 5.32 Å². The van der Waals surface area contributed by atoms with E-state index in [1.54, 1.807) is 11.8 Å². The van der Waals surface area contributed by atoms with Crippen LogP contribution in [0.3, 0.4) is 0 Å². The van der Waals surface area contributed by atoms with Crippen molar-refractivity contribution < 1.29 is 14.9 Å². The molecule has 0 bridgehead atoms. The molecule has 1 aliphatic carbocycles. The Morgan fingerprint density at radius 3 is 2.61 bits per heavy atom. The normalized spacial score (nSPS) is 22.0. The highest BCUT2D eigenvalue weighted by atomic mass is 32.2. The van der Waals surface area contributed by atoms with Gasteiger partial charge in [0, 0.05) is 17.8 Å². The Morgan fingerprint density at radius 1 is 1.39 bits per heavy atom. The monoisotopic (exact) mass is 277 g/mol. The van der Waals surface area contributed by atoms with Crippen LogP contribution in [0.2, 0.25) is 0 Å². The molecule has 0 saturated heterocycles. The maximum atomic E-state index is 9.83. The zero-order valence-corrected chi connectivity index (χ0v) is 12.3. The number of aliphatic hydroxyl groups excluding tert-OH is 2. The molecule has 3 N–H and O–H groups in total. The van der Waals surface area contributed by atoms with Gasteiger partial charge in [-0.1, -0.05) is 12.8 Å². The Labute approximate surface area is 114 Å². The van der Waals surface area contributed by atoms with Crippen molar-refractivity contribution in [3.63, 3.8) is 0 Å². The maximum absolute atomic E-state index is 9.83. The first-order valence-corrected chi connectivity index (χ1v) is 8.12. The van der Waals surface area contributed by atoms with Crippen molar-refractivity contribution in [2.45, 2.75) is 56.1 Å². The average molecular weight is 277 g/mol. The SMILES string of the molecule is CSC(CO)C(C)NCC(O)COC1CCCC1. The number of rotatable bonds is 9. The van der Waals surface area contributed by atoms with Crippen molar-refractivity contribution in [3.05, 3.63) is 0 Å². The van der Waals surface area contributed by atoms with Gasteiger partial charge in [-0.25, -0.2) is 0 Å². The van der Waals surface area contributed by atoms with Crippen molar-refractivity contribution in [1.82, 2.24) is 5.32 Å². The molecule has 1 aliphatic rings. The molecule has 0 amide bonds. The molecule has 108 valence electrons. The molecule has 18 heavy (non-hydrogen) atoms. The van der Waals surface area contributed by atoms with E-state index in [1.165, 1.54) is 12.8 Å². The van der Waals surface area contributed by atoms with Gasteiger partial charge < -0.3 is 20.3 Å². The fourth-order valence-electron chi connectivity index (χ4n) is 2.25. The van der Waals surface area contributed by atoms with E-state index in [9.17, 15) is 5.11 Å². The Balaban J connectivity index is 2.09. The lowest BCUT2D eigenvalue weighted by Gasteiger charge is -2.23. The molecule has 1 fully saturated rings. The lowest BCUT2D eigenvalue weighted by Crippen LogP contribution is -2.42. The van der Waals surface area contributed by atoms with Crippen LogP contribution in [0.15, 0.2) is 0 Å². The summed E-state index contributed by atoms with van der Waals surface area (Å²) in [6.07, 6.45) is 6.65. The Kier molecular flexibility index (Phi) is 8.26. The largest absolute Gasteiger partial charge is 0.395 e. The van der Waals surface area contributed by atoms with E-state index in [1.807, 2.05) is 13.2 Å². The Bertz CT molecular complexity index is 208. The standard InChI is InChI=1S/C13H27NO3S/c1-10(13(8-15)18-2)14-7-11(16)9-17-12-5-3-4-6-12/h10-16H,3-9H2,1-2H3. The van der Waals surface area contributed by atoms with Gasteiger partial charge in [0.2, 0.25) is 0 Å². The van der Waals surface area contributed by atoms with Gasteiger partial charge in [-0.15, -0.1) is 0 Å². The van der Waals surface area contributed by atoms with Crippen LogP contribution >= 0.6 is 11.8 Å². The first-order chi connectivity index (χ1) is 8.67. The predicted molar refractivity (Wildman–Crippen MR) is 76.1 cm³/mol. The quantitative estimate of drug-likeness (QED) is 0.587. The highest BCUT2D eigenvalue weighted by Gasteiger charge is 2.18. The number of ether oxygens (including phenoxy) is 1. The summed E-state index contributed by atoms with van der Waals surface area (Å²) in [5.41, 5.74) is 0. The molecule has 0 radical (unpaired) electrons. The molecule has 3 unspecified atom stereocenters. The second-order valence-electron chi connectivity index (χ2n) is 5.05. The first-order valence-electron chi connectivity index (χ1n) is 6.84. The molecule has 0 heterocycles. The van der Waals surface area contributed by atoms with Gasteiger partial charge in [-0.2, -0.15) is 11.8 Å². The summed E-state index contributed by atoms with van der Waals surface area (Å²) >= 11 is 1.64. The van der Waals surface area contributed by atoms with Gasteiger partial charge in [0.25, 0.3) is 0 Å². The van der Waals surface area contributed by atoms with E-state index in [2.05, 4.69) is 5.32 Å². The number of thioether (sulfide) groups is 1. The topological polar surface area (TPSA) is 61.7 Å². The van der Waals surface area contributed by atoms with Crippen LogP contribution in [0.5, 0.6) is 0 Å². The van der Waals surface area contributed by atoms with Crippen LogP contribution in [-0.2, 0) is 4.74 Å². The summed E-state index contributed by atoms with van der Waals surface area (Å²) in [5, 5.41) is 22.4. The molecule has 0 aromatic rings. The molecule has 0 aromatic carbocycles. The molecule has 5 heteroatoms. The third-order valence-corrected chi connectivity index (χ3v) is 4.71. The molecule has 0 aliphatic heterocycles. The van der Waals surface area contributed by atoms with Gasteiger partial charge in [-0.05, 0) is 26.0 Å². The maximum Gasteiger partial charge on any atom is 0.0897 e. The van der Waals surface area contributed by atoms with Crippen LogP contribution in [0.25, 0.3) is 0 Å². The number of aliphatic hydroxyl groups is 2. The summed E-state index contributed by atoms with van der Waals surface area (Å²) < 4.78 is 5.67. The van der Waals surface area contributed by atoms with Crippen LogP contribution in [0, 0.1) is 0 Å². The van der Waals surface area contributed by atoms with Crippen molar-refractivity contribution in [3.8, 4) is 0 Å². The third-order valence-electron chi connectivity index (χ3n) is 3.54. The molecule has 0 spiro atoms. The molecular weight excluding hydrogens is 250 g/mol. The number of hydrogen-bond acceptors (Lipinski definition) is 5. The van der Waals surface area contributed by atoms with Crippen LogP contribution in [-0.4, -0.2) is 59.7 Å². The van der Waals surface area contributed by atoms with E-state index >= 15 is 0 Å². The molecule has 1 rings (SSSR count). The highest BCUT2D eigenvalue weighted by Crippen LogP contribution is 2.20. The van der Waals surface area contributed by atoms with E-state index in [0.29, 0.717) is 19.3 Å². The summed E-state index contributed by atoms with van der Waals surface area (Å²) in [4.78, 5) is 0. The van der Waals surface area contributed by atoms with Crippen LogP contribution in [0.1, 0.15) is 32.6 Å². The molecule has 1 saturated carbocycles. The highest BCUT2D eigenvalue weighted by molar-refractivity contribution is 7.99. The average Bonchev–Trinajstić information content (AvgIpc) is 2.88.